The van der Waals surface area contributed by atoms with Crippen LogP contribution in [-0.2, 0) is 11.2 Å². The largest absolute Gasteiger partial charge is 0.340 e. The summed E-state index contributed by atoms with van der Waals surface area (Å²) in [4.78, 5) is 16.3. The summed E-state index contributed by atoms with van der Waals surface area (Å²) in [6.45, 7) is 8.47. The maximum absolute atomic E-state index is 13.1. The first-order valence-corrected chi connectivity index (χ1v) is 7.82. The minimum atomic E-state index is -0.159. The molecule has 116 valence electrons. The van der Waals surface area contributed by atoms with E-state index in [1.54, 1.807) is 12.1 Å². The third kappa shape index (κ3) is 4.81. The van der Waals surface area contributed by atoms with Crippen molar-refractivity contribution in [1.82, 2.24) is 9.80 Å². The smallest absolute Gasteiger partial charge is 0.225 e. The van der Waals surface area contributed by atoms with Crippen molar-refractivity contribution in [1.29, 1.82) is 0 Å². The molecule has 0 radical (unpaired) electrons. The van der Waals surface area contributed by atoms with E-state index in [2.05, 4.69) is 4.90 Å². The molecule has 0 atom stereocenters. The highest BCUT2D eigenvalue weighted by molar-refractivity contribution is 5.78. The fraction of sp³-hybridized carbons (Fsp3) is 0.588. The molecule has 1 amide bonds. The third-order valence-electron chi connectivity index (χ3n) is 4.01. The van der Waals surface area contributed by atoms with E-state index in [4.69, 9.17) is 0 Å². The second-order valence-corrected chi connectivity index (χ2v) is 6.06. The molecule has 1 aromatic carbocycles. The van der Waals surface area contributed by atoms with Gasteiger partial charge in [-0.05, 0) is 37.1 Å². The van der Waals surface area contributed by atoms with Gasteiger partial charge in [0.1, 0.15) is 5.82 Å². The van der Waals surface area contributed by atoms with Gasteiger partial charge in [0.15, 0.2) is 0 Å². The number of amides is 1. The molecule has 2 rings (SSSR count). The van der Waals surface area contributed by atoms with Gasteiger partial charge in [0.25, 0.3) is 0 Å². The molecule has 1 aliphatic rings. The van der Waals surface area contributed by atoms with E-state index in [0.717, 1.165) is 51.1 Å². The van der Waals surface area contributed by atoms with Crippen molar-refractivity contribution in [3.8, 4) is 0 Å². The Morgan fingerprint density at radius 1 is 1.24 bits per heavy atom. The highest BCUT2D eigenvalue weighted by Gasteiger charge is 2.22. The SMILES string of the molecule is CC(C)C(=O)N1CCN(CCCc2cccc(F)c2)CC1. The fourth-order valence-electron chi connectivity index (χ4n) is 2.76. The molecule has 21 heavy (non-hydrogen) atoms. The predicted octanol–water partition coefficient (Wildman–Crippen LogP) is 2.56. The summed E-state index contributed by atoms with van der Waals surface area (Å²) < 4.78 is 13.1. The number of rotatable bonds is 5. The number of nitrogens with zero attached hydrogens (tertiary/aromatic N) is 2. The lowest BCUT2D eigenvalue weighted by molar-refractivity contribution is -0.136. The van der Waals surface area contributed by atoms with Crippen LogP contribution in [0.4, 0.5) is 4.39 Å². The van der Waals surface area contributed by atoms with Crippen LogP contribution in [0.15, 0.2) is 24.3 Å². The van der Waals surface area contributed by atoms with Crippen molar-refractivity contribution in [3.05, 3.63) is 35.6 Å². The van der Waals surface area contributed by atoms with E-state index in [9.17, 15) is 9.18 Å². The second kappa shape index (κ2) is 7.55. The van der Waals surface area contributed by atoms with Crippen molar-refractivity contribution in [2.75, 3.05) is 32.7 Å². The Kier molecular flexibility index (Phi) is 5.74. The number of hydrogen-bond acceptors (Lipinski definition) is 2. The summed E-state index contributed by atoms with van der Waals surface area (Å²) in [6, 6.07) is 6.83. The van der Waals surface area contributed by atoms with Crippen molar-refractivity contribution >= 4 is 5.91 Å². The number of aryl methyl sites for hydroxylation is 1. The topological polar surface area (TPSA) is 23.6 Å². The molecule has 0 spiro atoms. The molecule has 1 heterocycles. The molecule has 0 N–H and O–H groups in total. The molecule has 0 unspecified atom stereocenters. The molecule has 4 heteroatoms. The number of hydrogen-bond donors (Lipinski definition) is 0. The van der Waals surface area contributed by atoms with Crippen molar-refractivity contribution in [2.24, 2.45) is 5.92 Å². The number of carbonyl (C=O) groups excluding carboxylic acids is 1. The van der Waals surface area contributed by atoms with E-state index in [1.807, 2.05) is 24.8 Å². The minimum absolute atomic E-state index is 0.0875. The molecular weight excluding hydrogens is 267 g/mol. The lowest BCUT2D eigenvalue weighted by atomic mass is 10.1. The van der Waals surface area contributed by atoms with Crippen molar-refractivity contribution in [2.45, 2.75) is 26.7 Å². The maximum atomic E-state index is 13.1. The number of halogens is 1. The van der Waals surface area contributed by atoms with Gasteiger partial charge in [-0.15, -0.1) is 0 Å². The van der Waals surface area contributed by atoms with Crippen LogP contribution >= 0.6 is 0 Å². The molecule has 1 fully saturated rings. The van der Waals surface area contributed by atoms with Crippen LogP contribution in [0, 0.1) is 11.7 Å². The molecule has 3 nitrogen and oxygen atoms in total. The predicted molar refractivity (Wildman–Crippen MR) is 82.6 cm³/mol. The van der Waals surface area contributed by atoms with Gasteiger partial charge in [0.05, 0.1) is 0 Å². The zero-order valence-electron chi connectivity index (χ0n) is 13.0. The average molecular weight is 292 g/mol. The molecule has 1 saturated heterocycles. The molecule has 0 bridgehead atoms. The second-order valence-electron chi connectivity index (χ2n) is 6.06. The summed E-state index contributed by atoms with van der Waals surface area (Å²) in [5.41, 5.74) is 1.06. The first kappa shape index (κ1) is 16.0. The van der Waals surface area contributed by atoms with Crippen LogP contribution in [0.1, 0.15) is 25.8 Å². The van der Waals surface area contributed by atoms with E-state index < -0.39 is 0 Å². The fourth-order valence-corrected chi connectivity index (χ4v) is 2.76. The Labute approximate surface area is 126 Å². The summed E-state index contributed by atoms with van der Waals surface area (Å²) in [7, 11) is 0. The zero-order chi connectivity index (χ0) is 15.2. The first-order chi connectivity index (χ1) is 10.1. The van der Waals surface area contributed by atoms with Gasteiger partial charge in [-0.2, -0.15) is 0 Å². The number of piperazine rings is 1. The van der Waals surface area contributed by atoms with Crippen LogP contribution in [0.3, 0.4) is 0 Å². The summed E-state index contributed by atoms with van der Waals surface area (Å²) in [6.07, 6.45) is 1.93. The van der Waals surface area contributed by atoms with Gasteiger partial charge in [-0.25, -0.2) is 4.39 Å². The van der Waals surface area contributed by atoms with Gasteiger partial charge in [-0.3, -0.25) is 9.69 Å². The quantitative estimate of drug-likeness (QED) is 0.833. The summed E-state index contributed by atoms with van der Waals surface area (Å²) >= 11 is 0. The van der Waals surface area contributed by atoms with Crippen molar-refractivity contribution < 1.29 is 9.18 Å². The summed E-state index contributed by atoms with van der Waals surface area (Å²) in [5, 5.41) is 0. The van der Waals surface area contributed by atoms with Crippen LogP contribution in [0.5, 0.6) is 0 Å². The normalized spacial score (nSPS) is 16.5. The summed E-state index contributed by atoms with van der Waals surface area (Å²) in [5.74, 6) is 0.187. The number of carbonyl (C=O) groups is 1. The van der Waals surface area contributed by atoms with Crippen LogP contribution < -0.4 is 0 Å². The molecule has 0 aliphatic carbocycles. The van der Waals surface area contributed by atoms with Gasteiger partial charge in [-0.1, -0.05) is 26.0 Å². The van der Waals surface area contributed by atoms with Gasteiger partial charge < -0.3 is 4.90 Å². The van der Waals surface area contributed by atoms with Crippen LogP contribution in [0.25, 0.3) is 0 Å². The molecule has 0 saturated carbocycles. The van der Waals surface area contributed by atoms with Gasteiger partial charge >= 0.3 is 0 Å². The monoisotopic (exact) mass is 292 g/mol. The minimum Gasteiger partial charge on any atom is -0.340 e. The van der Waals surface area contributed by atoms with Crippen LogP contribution in [-0.4, -0.2) is 48.4 Å². The maximum Gasteiger partial charge on any atom is 0.225 e. The van der Waals surface area contributed by atoms with Gasteiger partial charge in [0, 0.05) is 32.1 Å². The van der Waals surface area contributed by atoms with Gasteiger partial charge in [0.2, 0.25) is 5.91 Å². The first-order valence-electron chi connectivity index (χ1n) is 7.82. The van der Waals surface area contributed by atoms with E-state index >= 15 is 0 Å². The molecular formula is C17H25FN2O. The number of benzene rings is 1. The Morgan fingerprint density at radius 3 is 2.57 bits per heavy atom. The highest BCUT2D eigenvalue weighted by Crippen LogP contribution is 2.10. The average Bonchev–Trinajstić information content (AvgIpc) is 2.47. The standard InChI is InChI=1S/C17H25FN2O/c1-14(2)17(21)20-11-9-19(10-12-20)8-4-6-15-5-3-7-16(18)13-15/h3,5,7,13-14H,4,6,8-12H2,1-2H3. The molecule has 0 aromatic heterocycles. The van der Waals surface area contributed by atoms with E-state index in [0.29, 0.717) is 0 Å². The molecule has 1 aliphatic heterocycles. The van der Waals surface area contributed by atoms with E-state index in [1.165, 1.54) is 6.07 Å². The Bertz CT molecular complexity index is 468. The highest BCUT2D eigenvalue weighted by atomic mass is 19.1. The Morgan fingerprint density at radius 2 is 1.95 bits per heavy atom. The van der Waals surface area contributed by atoms with Crippen molar-refractivity contribution in [3.63, 3.8) is 0 Å². The lowest BCUT2D eigenvalue weighted by Crippen LogP contribution is -2.49. The van der Waals surface area contributed by atoms with E-state index in [-0.39, 0.29) is 17.6 Å². The molecule has 1 aromatic rings. The zero-order valence-corrected chi connectivity index (χ0v) is 13.0. The Balaban J connectivity index is 1.68. The lowest BCUT2D eigenvalue weighted by Gasteiger charge is -2.35. The van der Waals surface area contributed by atoms with Crippen LogP contribution in [0.2, 0.25) is 0 Å². The third-order valence-corrected chi connectivity index (χ3v) is 4.01. The Hall–Kier alpha value is -1.42.